The van der Waals surface area contributed by atoms with E-state index < -0.39 is 5.91 Å². The topological polar surface area (TPSA) is 71.8 Å². The van der Waals surface area contributed by atoms with E-state index in [1.54, 1.807) is 0 Å². The first-order chi connectivity index (χ1) is 13.1. The van der Waals surface area contributed by atoms with Crippen molar-refractivity contribution in [3.63, 3.8) is 0 Å². The predicted octanol–water partition coefficient (Wildman–Crippen LogP) is 3.17. The number of likely N-dealkylation sites (tertiary alicyclic amines) is 1. The normalized spacial score (nSPS) is 15.1. The molecule has 6 nitrogen and oxygen atoms in total. The zero-order valence-corrected chi connectivity index (χ0v) is 15.1. The van der Waals surface area contributed by atoms with Gasteiger partial charge in [0.15, 0.2) is 6.61 Å². The Kier molecular flexibility index (Phi) is 6.59. The highest BCUT2D eigenvalue weighted by Crippen LogP contribution is 2.14. The highest BCUT2D eigenvalue weighted by Gasteiger charge is 2.13. The van der Waals surface area contributed by atoms with Crippen molar-refractivity contribution >= 4 is 11.6 Å². The molecule has 1 saturated heterocycles. The molecule has 1 aliphatic rings. The zero-order chi connectivity index (χ0) is 19.1. The highest BCUT2D eigenvalue weighted by atomic mass is 19.1. The second-order valence-electron chi connectivity index (χ2n) is 6.61. The van der Waals surface area contributed by atoms with E-state index in [1.807, 2.05) is 0 Å². The smallest absolute Gasteiger partial charge is 0.262 e. The number of carbonyl (C=O) groups is 1. The Morgan fingerprint density at radius 2 is 1.85 bits per heavy atom. The van der Waals surface area contributed by atoms with Crippen LogP contribution in [-0.4, -0.2) is 30.5 Å². The number of carbonyl (C=O) groups excluding carboxylic acids is 1. The van der Waals surface area contributed by atoms with Crippen LogP contribution < -0.4 is 15.5 Å². The van der Waals surface area contributed by atoms with E-state index in [-0.39, 0.29) is 23.6 Å². The van der Waals surface area contributed by atoms with Crippen molar-refractivity contribution in [3.8, 4) is 5.75 Å². The van der Waals surface area contributed by atoms with Gasteiger partial charge in [0, 0.05) is 11.8 Å². The van der Waals surface area contributed by atoms with E-state index in [0.29, 0.717) is 18.0 Å². The van der Waals surface area contributed by atoms with Crippen molar-refractivity contribution in [2.45, 2.75) is 32.2 Å². The Morgan fingerprint density at radius 1 is 1.15 bits per heavy atom. The Labute approximate surface area is 156 Å². The van der Waals surface area contributed by atoms with Crippen LogP contribution in [-0.2, 0) is 11.3 Å². The average Bonchev–Trinajstić information content (AvgIpc) is 2.92. The van der Waals surface area contributed by atoms with Crippen LogP contribution in [0.3, 0.4) is 0 Å². The molecule has 3 rings (SSSR count). The molecule has 0 atom stereocenters. The number of nitrogens with zero attached hydrogens (tertiary/aromatic N) is 1. The maximum Gasteiger partial charge on any atom is 0.262 e. The summed E-state index contributed by atoms with van der Waals surface area (Å²) >= 11 is 0. The summed E-state index contributed by atoms with van der Waals surface area (Å²) in [5.74, 6) is -0.259. The van der Waals surface area contributed by atoms with Crippen molar-refractivity contribution < 1.29 is 18.3 Å². The summed E-state index contributed by atoms with van der Waals surface area (Å²) in [6, 6.07) is 6.79. The molecule has 1 aromatic carbocycles. The van der Waals surface area contributed by atoms with Gasteiger partial charge in [0.1, 0.15) is 17.8 Å². The van der Waals surface area contributed by atoms with E-state index in [2.05, 4.69) is 10.2 Å². The van der Waals surface area contributed by atoms with Crippen molar-refractivity contribution in [1.29, 1.82) is 0 Å². The van der Waals surface area contributed by atoms with Gasteiger partial charge < -0.3 is 14.5 Å². The second kappa shape index (κ2) is 9.32. The summed E-state index contributed by atoms with van der Waals surface area (Å²) in [4.78, 5) is 26.3. The van der Waals surface area contributed by atoms with Crippen LogP contribution in [0.1, 0.15) is 31.4 Å². The summed E-state index contributed by atoms with van der Waals surface area (Å²) in [5.41, 5.74) is 0.130. The number of hydrogen-bond donors (Lipinski definition) is 1. The largest absolute Gasteiger partial charge is 0.477 e. The molecular weight excluding hydrogens is 351 g/mol. The van der Waals surface area contributed by atoms with E-state index in [9.17, 15) is 14.0 Å². The van der Waals surface area contributed by atoms with Crippen molar-refractivity contribution in [1.82, 2.24) is 4.90 Å². The van der Waals surface area contributed by atoms with Crippen LogP contribution in [0.25, 0.3) is 0 Å². The summed E-state index contributed by atoms with van der Waals surface area (Å²) in [7, 11) is 0. The number of benzene rings is 1. The van der Waals surface area contributed by atoms with Crippen LogP contribution >= 0.6 is 0 Å². The van der Waals surface area contributed by atoms with Gasteiger partial charge in [-0.2, -0.15) is 0 Å². The third kappa shape index (κ3) is 5.92. The molecule has 144 valence electrons. The molecule has 2 heterocycles. The van der Waals surface area contributed by atoms with E-state index >= 15 is 0 Å². The number of amides is 1. The van der Waals surface area contributed by atoms with Crippen LogP contribution in [0.5, 0.6) is 5.75 Å². The number of rotatable bonds is 6. The Balaban J connectivity index is 1.52. The molecule has 0 aliphatic carbocycles. The second-order valence-corrected chi connectivity index (χ2v) is 6.61. The maximum absolute atomic E-state index is 12.9. The number of hydrogen-bond acceptors (Lipinski definition) is 5. The van der Waals surface area contributed by atoms with Crippen molar-refractivity contribution in [3.05, 3.63) is 58.4 Å². The first-order valence-electron chi connectivity index (χ1n) is 9.12. The zero-order valence-electron chi connectivity index (χ0n) is 15.1. The highest BCUT2D eigenvalue weighted by molar-refractivity contribution is 5.91. The van der Waals surface area contributed by atoms with Crippen LogP contribution in [0.2, 0.25) is 0 Å². The Hall–Kier alpha value is -2.67. The molecule has 1 aromatic heterocycles. The monoisotopic (exact) mass is 374 g/mol. The molecule has 0 spiro atoms. The minimum Gasteiger partial charge on any atom is -0.477 e. The summed E-state index contributed by atoms with van der Waals surface area (Å²) in [6.07, 6.45) is 6.06. The lowest BCUT2D eigenvalue weighted by Crippen LogP contribution is -2.25. The third-order valence-electron chi connectivity index (χ3n) is 4.42. The van der Waals surface area contributed by atoms with E-state index in [0.717, 1.165) is 25.9 Å². The molecule has 1 amide bonds. The molecular formula is C20H23FN2O4. The van der Waals surface area contributed by atoms with Gasteiger partial charge in [-0.1, -0.05) is 12.8 Å². The molecule has 2 aromatic rings. The Morgan fingerprint density at radius 3 is 2.52 bits per heavy atom. The van der Waals surface area contributed by atoms with Crippen molar-refractivity contribution in [2.75, 3.05) is 25.0 Å². The maximum atomic E-state index is 12.9. The van der Waals surface area contributed by atoms with Gasteiger partial charge in [-0.3, -0.25) is 14.5 Å². The number of nitrogens with one attached hydrogen (secondary N) is 1. The molecule has 1 aliphatic heterocycles. The fourth-order valence-electron chi connectivity index (χ4n) is 3.01. The molecule has 0 radical (unpaired) electrons. The first-order valence-corrected chi connectivity index (χ1v) is 9.12. The van der Waals surface area contributed by atoms with Crippen LogP contribution in [0.4, 0.5) is 10.1 Å². The summed E-state index contributed by atoms with van der Waals surface area (Å²) < 4.78 is 23.6. The lowest BCUT2D eigenvalue weighted by molar-refractivity contribution is -0.118. The van der Waals surface area contributed by atoms with E-state index in [4.69, 9.17) is 9.15 Å². The Bertz CT molecular complexity index is 811. The fraction of sp³-hybridized carbons (Fsp3) is 0.400. The van der Waals surface area contributed by atoms with Gasteiger partial charge in [0.25, 0.3) is 5.91 Å². The van der Waals surface area contributed by atoms with E-state index in [1.165, 1.54) is 49.4 Å². The van der Waals surface area contributed by atoms with Gasteiger partial charge in [-0.15, -0.1) is 0 Å². The van der Waals surface area contributed by atoms with Gasteiger partial charge in [0.05, 0.1) is 6.54 Å². The van der Waals surface area contributed by atoms with Gasteiger partial charge in [-0.05, 0) is 50.2 Å². The fourth-order valence-corrected chi connectivity index (χ4v) is 3.01. The predicted molar refractivity (Wildman–Crippen MR) is 99.2 cm³/mol. The standard InChI is InChI=1S/C20H23FN2O4/c21-15-5-7-16(8-6-15)22-20(25)14-27-19-13-26-17(11-18(19)24)12-23-9-3-1-2-4-10-23/h5-8,11,13H,1-4,9-10,12,14H2,(H,22,25). The number of anilines is 1. The molecule has 27 heavy (non-hydrogen) atoms. The molecule has 7 heteroatoms. The minimum absolute atomic E-state index is 0.0103. The van der Waals surface area contributed by atoms with Gasteiger partial charge >= 0.3 is 0 Å². The number of ether oxygens (including phenoxy) is 1. The molecule has 1 fully saturated rings. The third-order valence-corrected chi connectivity index (χ3v) is 4.42. The molecule has 0 unspecified atom stereocenters. The van der Waals surface area contributed by atoms with Gasteiger partial charge in [-0.25, -0.2) is 4.39 Å². The van der Waals surface area contributed by atoms with Crippen molar-refractivity contribution in [2.24, 2.45) is 0 Å². The van der Waals surface area contributed by atoms with Gasteiger partial charge in [0.2, 0.25) is 11.2 Å². The van der Waals surface area contributed by atoms with Crippen LogP contribution in [0, 0.1) is 5.82 Å². The first kappa shape index (κ1) is 19.1. The quantitative estimate of drug-likeness (QED) is 0.841. The minimum atomic E-state index is -0.449. The number of halogens is 1. The SMILES string of the molecule is O=C(COc1coc(CN2CCCCCC2)cc1=O)Nc1ccc(F)cc1. The summed E-state index contributed by atoms with van der Waals surface area (Å²) in [6.45, 7) is 2.27. The average molecular weight is 374 g/mol. The van der Waals surface area contributed by atoms with Crippen LogP contribution in [0.15, 0.2) is 45.8 Å². The molecule has 0 bridgehead atoms. The lowest BCUT2D eigenvalue weighted by Gasteiger charge is -2.18. The lowest BCUT2D eigenvalue weighted by atomic mass is 10.2. The molecule has 0 saturated carbocycles. The molecule has 1 N–H and O–H groups in total. The summed E-state index contributed by atoms with van der Waals surface area (Å²) in [5, 5.41) is 2.56.